The molecule has 2 aromatic rings. The first-order valence-electron chi connectivity index (χ1n) is 7.83. The first kappa shape index (κ1) is 14.0. The number of hydrogen-bond acceptors (Lipinski definition) is 2. The second kappa shape index (κ2) is 5.44. The van der Waals surface area contributed by atoms with Gasteiger partial charge in [-0.05, 0) is 66.6 Å². The quantitative estimate of drug-likeness (QED) is 0.821. The first-order valence-corrected chi connectivity index (χ1v) is 7.83. The molecule has 3 rings (SSSR count). The van der Waals surface area contributed by atoms with Crippen molar-refractivity contribution < 1.29 is 4.74 Å². The van der Waals surface area contributed by atoms with Crippen LogP contribution in [0.3, 0.4) is 0 Å². The Balaban J connectivity index is 1.90. The van der Waals surface area contributed by atoms with Crippen molar-refractivity contribution in [2.24, 2.45) is 0 Å². The van der Waals surface area contributed by atoms with Crippen molar-refractivity contribution in [3.8, 4) is 5.75 Å². The molecule has 1 aliphatic rings. The molecule has 0 spiro atoms. The predicted molar refractivity (Wildman–Crippen MR) is 87.6 cm³/mol. The zero-order chi connectivity index (χ0) is 14.9. The SMILES string of the molecule is CCc1ccc(C2(Oc3ccc(N)cc3)CC2)c(CC)c1. The molecule has 2 heteroatoms. The molecule has 0 radical (unpaired) electrons. The van der Waals surface area contributed by atoms with E-state index in [1.807, 2.05) is 24.3 Å². The third kappa shape index (κ3) is 2.76. The van der Waals surface area contributed by atoms with E-state index in [9.17, 15) is 0 Å². The largest absolute Gasteiger partial charge is 0.483 e. The van der Waals surface area contributed by atoms with Crippen molar-refractivity contribution >= 4 is 5.69 Å². The van der Waals surface area contributed by atoms with Gasteiger partial charge in [-0.1, -0.05) is 32.0 Å². The molecular weight excluding hydrogens is 258 g/mol. The van der Waals surface area contributed by atoms with Gasteiger partial charge in [-0.2, -0.15) is 0 Å². The number of rotatable bonds is 5. The van der Waals surface area contributed by atoms with Crippen molar-refractivity contribution in [2.45, 2.75) is 45.1 Å². The van der Waals surface area contributed by atoms with Crippen LogP contribution in [0.1, 0.15) is 43.4 Å². The van der Waals surface area contributed by atoms with E-state index in [1.54, 1.807) is 0 Å². The van der Waals surface area contributed by atoms with Gasteiger partial charge in [-0.15, -0.1) is 0 Å². The van der Waals surface area contributed by atoms with Crippen molar-refractivity contribution in [1.29, 1.82) is 0 Å². The monoisotopic (exact) mass is 281 g/mol. The zero-order valence-electron chi connectivity index (χ0n) is 12.9. The lowest BCUT2D eigenvalue weighted by atomic mass is 9.95. The van der Waals surface area contributed by atoms with Crippen LogP contribution in [0, 0.1) is 0 Å². The van der Waals surface area contributed by atoms with Crippen LogP contribution in [0.2, 0.25) is 0 Å². The van der Waals surface area contributed by atoms with E-state index in [-0.39, 0.29) is 5.60 Å². The summed E-state index contributed by atoms with van der Waals surface area (Å²) in [5, 5.41) is 0. The summed E-state index contributed by atoms with van der Waals surface area (Å²) in [5.41, 5.74) is 10.6. The number of anilines is 1. The highest BCUT2D eigenvalue weighted by molar-refractivity contribution is 5.44. The molecule has 0 amide bonds. The Morgan fingerprint density at radius 1 is 1.00 bits per heavy atom. The number of ether oxygens (including phenoxy) is 1. The summed E-state index contributed by atoms with van der Waals surface area (Å²) in [7, 11) is 0. The number of nitrogens with two attached hydrogens (primary N) is 1. The maximum Gasteiger partial charge on any atom is 0.135 e. The van der Waals surface area contributed by atoms with Gasteiger partial charge in [0, 0.05) is 5.69 Å². The van der Waals surface area contributed by atoms with Crippen molar-refractivity contribution in [2.75, 3.05) is 5.73 Å². The lowest BCUT2D eigenvalue weighted by Crippen LogP contribution is -2.18. The van der Waals surface area contributed by atoms with Crippen LogP contribution in [-0.2, 0) is 18.4 Å². The van der Waals surface area contributed by atoms with Crippen LogP contribution in [0.15, 0.2) is 42.5 Å². The summed E-state index contributed by atoms with van der Waals surface area (Å²) in [5.74, 6) is 0.906. The molecule has 21 heavy (non-hydrogen) atoms. The van der Waals surface area contributed by atoms with Crippen LogP contribution < -0.4 is 10.5 Å². The Kier molecular flexibility index (Phi) is 3.62. The molecule has 1 fully saturated rings. The molecule has 1 aliphatic carbocycles. The Bertz CT molecular complexity index is 627. The number of nitrogen functional groups attached to an aromatic ring is 1. The highest BCUT2D eigenvalue weighted by Crippen LogP contribution is 2.50. The van der Waals surface area contributed by atoms with Gasteiger partial charge >= 0.3 is 0 Å². The molecule has 2 nitrogen and oxygen atoms in total. The molecule has 0 saturated heterocycles. The zero-order valence-corrected chi connectivity index (χ0v) is 12.9. The van der Waals surface area contributed by atoms with Gasteiger partial charge in [0.2, 0.25) is 0 Å². The third-order valence-electron chi connectivity index (χ3n) is 4.35. The summed E-state index contributed by atoms with van der Waals surface area (Å²) < 4.78 is 6.31. The second-order valence-electron chi connectivity index (χ2n) is 5.86. The number of aryl methyl sites for hydroxylation is 2. The van der Waals surface area contributed by atoms with E-state index in [0.29, 0.717) is 0 Å². The van der Waals surface area contributed by atoms with Crippen molar-refractivity contribution in [3.05, 3.63) is 59.2 Å². The molecule has 110 valence electrons. The fourth-order valence-electron chi connectivity index (χ4n) is 2.91. The normalized spacial score (nSPS) is 15.7. The summed E-state index contributed by atoms with van der Waals surface area (Å²) in [6, 6.07) is 14.5. The molecule has 0 aromatic heterocycles. The summed E-state index contributed by atoms with van der Waals surface area (Å²) in [6.07, 6.45) is 4.32. The lowest BCUT2D eigenvalue weighted by molar-refractivity contribution is 0.180. The van der Waals surface area contributed by atoms with E-state index in [0.717, 1.165) is 37.1 Å². The van der Waals surface area contributed by atoms with Crippen LogP contribution in [-0.4, -0.2) is 0 Å². The molecule has 0 aliphatic heterocycles. The van der Waals surface area contributed by atoms with Gasteiger partial charge in [-0.3, -0.25) is 0 Å². The van der Waals surface area contributed by atoms with E-state index in [2.05, 4.69) is 32.0 Å². The lowest BCUT2D eigenvalue weighted by Gasteiger charge is -2.22. The number of hydrogen-bond donors (Lipinski definition) is 1. The summed E-state index contributed by atoms with van der Waals surface area (Å²) in [4.78, 5) is 0. The minimum atomic E-state index is -0.117. The second-order valence-corrected chi connectivity index (χ2v) is 5.86. The minimum Gasteiger partial charge on any atom is -0.483 e. The highest BCUT2D eigenvalue weighted by Gasteiger charge is 2.48. The standard InChI is InChI=1S/C19H23NO/c1-3-14-5-10-18(15(4-2)13-14)19(11-12-19)21-17-8-6-16(20)7-9-17/h5-10,13H,3-4,11-12,20H2,1-2H3. The molecule has 1 saturated carbocycles. The topological polar surface area (TPSA) is 35.2 Å². The summed E-state index contributed by atoms with van der Waals surface area (Å²) >= 11 is 0. The van der Waals surface area contributed by atoms with E-state index in [4.69, 9.17) is 10.5 Å². The van der Waals surface area contributed by atoms with Crippen LogP contribution in [0.4, 0.5) is 5.69 Å². The average Bonchev–Trinajstić information content (AvgIpc) is 3.29. The molecule has 0 atom stereocenters. The Hall–Kier alpha value is -1.96. The van der Waals surface area contributed by atoms with Crippen molar-refractivity contribution in [3.63, 3.8) is 0 Å². The molecule has 2 aromatic carbocycles. The fourth-order valence-corrected chi connectivity index (χ4v) is 2.91. The van der Waals surface area contributed by atoms with E-state index in [1.165, 1.54) is 16.7 Å². The number of benzene rings is 2. The fraction of sp³-hybridized carbons (Fsp3) is 0.368. The van der Waals surface area contributed by atoms with Crippen LogP contribution in [0.25, 0.3) is 0 Å². The van der Waals surface area contributed by atoms with E-state index >= 15 is 0 Å². The highest BCUT2D eigenvalue weighted by atomic mass is 16.5. The Morgan fingerprint density at radius 3 is 2.29 bits per heavy atom. The van der Waals surface area contributed by atoms with Crippen LogP contribution in [0.5, 0.6) is 5.75 Å². The van der Waals surface area contributed by atoms with Gasteiger partial charge in [0.15, 0.2) is 0 Å². The molecule has 0 unspecified atom stereocenters. The van der Waals surface area contributed by atoms with Gasteiger partial charge in [0.05, 0.1) is 0 Å². The molecule has 0 heterocycles. The third-order valence-corrected chi connectivity index (χ3v) is 4.35. The maximum absolute atomic E-state index is 6.31. The van der Waals surface area contributed by atoms with Gasteiger partial charge < -0.3 is 10.5 Å². The van der Waals surface area contributed by atoms with E-state index < -0.39 is 0 Å². The van der Waals surface area contributed by atoms with Gasteiger partial charge in [0.25, 0.3) is 0 Å². The summed E-state index contributed by atoms with van der Waals surface area (Å²) in [6.45, 7) is 4.42. The Labute approximate surface area is 126 Å². The Morgan fingerprint density at radius 2 is 1.71 bits per heavy atom. The molecular formula is C19H23NO. The van der Waals surface area contributed by atoms with Crippen LogP contribution >= 0.6 is 0 Å². The molecule has 0 bridgehead atoms. The smallest absolute Gasteiger partial charge is 0.135 e. The predicted octanol–water partition coefficient (Wildman–Crippen LogP) is 4.46. The van der Waals surface area contributed by atoms with Crippen molar-refractivity contribution in [1.82, 2.24) is 0 Å². The average molecular weight is 281 g/mol. The molecule has 2 N–H and O–H groups in total. The van der Waals surface area contributed by atoms with Gasteiger partial charge in [0.1, 0.15) is 11.4 Å². The first-order chi connectivity index (χ1) is 10.2. The van der Waals surface area contributed by atoms with Gasteiger partial charge in [-0.25, -0.2) is 0 Å². The maximum atomic E-state index is 6.31. The minimum absolute atomic E-state index is 0.117.